The highest BCUT2D eigenvalue weighted by molar-refractivity contribution is 9.10. The molecule has 0 fully saturated rings. The highest BCUT2D eigenvalue weighted by Crippen LogP contribution is 2.36. The fraction of sp³-hybridized carbons (Fsp3) is 0.462. The Hall–Kier alpha value is -0.170. The van der Waals surface area contributed by atoms with E-state index in [1.54, 1.807) is 11.3 Å². The minimum Gasteiger partial charge on any atom is -0.305 e. The van der Waals surface area contributed by atoms with Crippen molar-refractivity contribution in [3.63, 3.8) is 0 Å². The minimum absolute atomic E-state index is 0.152. The number of aromatic nitrogens is 2. The number of hydrogen-bond acceptors (Lipinski definition) is 3. The summed E-state index contributed by atoms with van der Waals surface area (Å²) >= 11 is 9.02. The van der Waals surface area contributed by atoms with Crippen molar-refractivity contribution in [1.82, 2.24) is 15.1 Å². The van der Waals surface area contributed by atoms with Crippen LogP contribution in [-0.4, -0.2) is 16.3 Å². The average molecular weight is 407 g/mol. The number of nitrogens with zero attached hydrogens (tertiary/aromatic N) is 2. The second kappa shape index (κ2) is 6.52. The number of thiophene rings is 1. The van der Waals surface area contributed by atoms with Gasteiger partial charge in [0.05, 0.1) is 22.4 Å². The summed E-state index contributed by atoms with van der Waals surface area (Å²) in [7, 11) is 0. The summed E-state index contributed by atoms with van der Waals surface area (Å²) in [6.07, 6.45) is 1.88. The van der Waals surface area contributed by atoms with E-state index in [4.69, 9.17) is 0 Å². The van der Waals surface area contributed by atoms with Gasteiger partial charge in [-0.15, -0.1) is 11.3 Å². The largest absolute Gasteiger partial charge is 0.305 e. The van der Waals surface area contributed by atoms with Crippen LogP contribution in [0.15, 0.2) is 26.6 Å². The molecule has 2 aromatic heterocycles. The van der Waals surface area contributed by atoms with Crippen LogP contribution in [0.2, 0.25) is 0 Å². The molecular weight excluding hydrogens is 390 g/mol. The molecule has 19 heavy (non-hydrogen) atoms. The molecule has 0 aliphatic carbocycles. The first-order valence-corrected chi connectivity index (χ1v) is 8.72. The van der Waals surface area contributed by atoms with Crippen molar-refractivity contribution in [3.8, 4) is 0 Å². The van der Waals surface area contributed by atoms with Crippen LogP contribution in [0, 0.1) is 0 Å². The third-order valence-corrected chi connectivity index (χ3v) is 5.41. The van der Waals surface area contributed by atoms with Crippen molar-refractivity contribution in [2.24, 2.45) is 0 Å². The SMILES string of the molecule is CCNC(c1sccc1Br)c1c(Br)cnn1C(C)C. The van der Waals surface area contributed by atoms with Gasteiger partial charge in [-0.3, -0.25) is 4.68 Å². The lowest BCUT2D eigenvalue weighted by Crippen LogP contribution is -2.25. The quantitative estimate of drug-likeness (QED) is 0.776. The van der Waals surface area contributed by atoms with Crippen molar-refractivity contribution in [3.05, 3.63) is 37.2 Å². The second-order valence-corrected chi connectivity index (χ2v) is 7.20. The van der Waals surface area contributed by atoms with Gasteiger partial charge in [0, 0.05) is 15.4 Å². The maximum absolute atomic E-state index is 4.48. The lowest BCUT2D eigenvalue weighted by molar-refractivity contribution is 0.477. The molecule has 0 aromatic carbocycles. The van der Waals surface area contributed by atoms with Gasteiger partial charge in [-0.05, 0) is 63.7 Å². The fourth-order valence-corrected chi connectivity index (χ4v) is 4.24. The highest BCUT2D eigenvalue weighted by atomic mass is 79.9. The van der Waals surface area contributed by atoms with Gasteiger partial charge < -0.3 is 5.32 Å². The molecule has 1 atom stereocenters. The van der Waals surface area contributed by atoms with Gasteiger partial charge in [0.1, 0.15) is 0 Å². The Morgan fingerprint density at radius 2 is 2.11 bits per heavy atom. The van der Waals surface area contributed by atoms with E-state index >= 15 is 0 Å². The maximum atomic E-state index is 4.48. The van der Waals surface area contributed by atoms with Gasteiger partial charge in [-0.1, -0.05) is 6.92 Å². The Morgan fingerprint density at radius 3 is 2.63 bits per heavy atom. The monoisotopic (exact) mass is 405 g/mol. The van der Waals surface area contributed by atoms with Gasteiger partial charge in [0.25, 0.3) is 0 Å². The second-order valence-electron chi connectivity index (χ2n) is 4.54. The predicted octanol–water partition coefficient (Wildman–Crippen LogP) is 4.75. The van der Waals surface area contributed by atoms with Gasteiger partial charge in [-0.2, -0.15) is 5.10 Å². The molecule has 0 saturated carbocycles. The zero-order chi connectivity index (χ0) is 14.0. The van der Waals surface area contributed by atoms with Crippen LogP contribution in [-0.2, 0) is 0 Å². The highest BCUT2D eigenvalue weighted by Gasteiger charge is 2.24. The van der Waals surface area contributed by atoms with Gasteiger partial charge in [-0.25, -0.2) is 0 Å². The number of hydrogen-bond donors (Lipinski definition) is 1. The molecule has 2 rings (SSSR count). The summed E-state index contributed by atoms with van der Waals surface area (Å²) in [5.41, 5.74) is 1.18. The molecule has 0 radical (unpaired) electrons. The van der Waals surface area contributed by atoms with Gasteiger partial charge >= 0.3 is 0 Å². The smallest absolute Gasteiger partial charge is 0.0864 e. The minimum atomic E-state index is 0.152. The van der Waals surface area contributed by atoms with E-state index in [-0.39, 0.29) is 6.04 Å². The number of halogens is 2. The third kappa shape index (κ3) is 3.12. The van der Waals surface area contributed by atoms with E-state index in [1.165, 1.54) is 10.6 Å². The fourth-order valence-electron chi connectivity index (χ4n) is 2.06. The third-order valence-electron chi connectivity index (χ3n) is 2.86. The van der Waals surface area contributed by atoms with Crippen LogP contribution < -0.4 is 5.32 Å². The molecule has 1 unspecified atom stereocenters. The molecule has 2 heterocycles. The van der Waals surface area contributed by atoms with Crippen LogP contribution in [0.3, 0.4) is 0 Å². The molecule has 0 aliphatic rings. The Morgan fingerprint density at radius 1 is 1.37 bits per heavy atom. The molecular formula is C13H17Br2N3S. The van der Waals surface area contributed by atoms with Crippen molar-refractivity contribution in [2.45, 2.75) is 32.9 Å². The van der Waals surface area contributed by atoms with E-state index in [1.807, 2.05) is 6.20 Å². The first-order chi connectivity index (χ1) is 9.06. The Bertz CT molecular complexity index is 548. The number of rotatable bonds is 5. The summed E-state index contributed by atoms with van der Waals surface area (Å²) in [5.74, 6) is 0. The molecule has 2 aromatic rings. The lowest BCUT2D eigenvalue weighted by atomic mass is 10.1. The van der Waals surface area contributed by atoms with E-state index in [0.717, 1.165) is 15.5 Å². The Balaban J connectivity index is 2.51. The summed E-state index contributed by atoms with van der Waals surface area (Å²) in [6.45, 7) is 7.33. The van der Waals surface area contributed by atoms with Crippen molar-refractivity contribution < 1.29 is 0 Å². The predicted molar refractivity (Wildman–Crippen MR) is 87.9 cm³/mol. The van der Waals surface area contributed by atoms with Gasteiger partial charge in [0.15, 0.2) is 0 Å². The van der Waals surface area contributed by atoms with Crippen LogP contribution in [0.5, 0.6) is 0 Å². The average Bonchev–Trinajstić information content (AvgIpc) is 2.93. The normalized spacial score (nSPS) is 13.2. The first-order valence-electron chi connectivity index (χ1n) is 6.25. The zero-order valence-corrected chi connectivity index (χ0v) is 15.1. The number of nitrogens with one attached hydrogen (secondary N) is 1. The van der Waals surface area contributed by atoms with E-state index in [0.29, 0.717) is 6.04 Å². The van der Waals surface area contributed by atoms with E-state index in [9.17, 15) is 0 Å². The topological polar surface area (TPSA) is 29.9 Å². The molecule has 0 bridgehead atoms. The molecule has 0 saturated heterocycles. The Kier molecular flexibility index (Phi) is 5.22. The van der Waals surface area contributed by atoms with Crippen molar-refractivity contribution >= 4 is 43.2 Å². The van der Waals surface area contributed by atoms with E-state index in [2.05, 4.69) is 79.2 Å². The van der Waals surface area contributed by atoms with Crippen molar-refractivity contribution in [1.29, 1.82) is 0 Å². The summed E-state index contributed by atoms with van der Waals surface area (Å²) in [6, 6.07) is 2.58. The zero-order valence-electron chi connectivity index (χ0n) is 11.2. The molecule has 0 aliphatic heterocycles. The molecule has 6 heteroatoms. The van der Waals surface area contributed by atoms with Crippen molar-refractivity contribution in [2.75, 3.05) is 6.54 Å². The molecule has 0 spiro atoms. The Labute approximate surface area is 134 Å². The lowest BCUT2D eigenvalue weighted by Gasteiger charge is -2.21. The van der Waals surface area contributed by atoms with Crippen LogP contribution in [0.4, 0.5) is 0 Å². The van der Waals surface area contributed by atoms with E-state index < -0.39 is 0 Å². The molecule has 0 amide bonds. The molecule has 3 nitrogen and oxygen atoms in total. The van der Waals surface area contributed by atoms with Crippen LogP contribution in [0.25, 0.3) is 0 Å². The maximum Gasteiger partial charge on any atom is 0.0864 e. The molecule has 104 valence electrons. The summed E-state index contributed by atoms with van der Waals surface area (Å²) in [4.78, 5) is 1.28. The van der Waals surface area contributed by atoms with Gasteiger partial charge in [0.2, 0.25) is 0 Å². The first kappa shape index (κ1) is 15.2. The van der Waals surface area contributed by atoms with Crippen LogP contribution in [0.1, 0.15) is 43.4 Å². The standard InChI is InChI=1S/C13H17Br2N3S/c1-4-16-11(13-9(14)5-6-19-13)12-10(15)7-17-18(12)8(2)3/h5-8,11,16H,4H2,1-3H3. The molecule has 1 N–H and O–H groups in total. The summed E-state index contributed by atoms with van der Waals surface area (Å²) in [5, 5.41) is 10.1. The summed E-state index contributed by atoms with van der Waals surface area (Å²) < 4.78 is 4.27. The van der Waals surface area contributed by atoms with Crippen LogP contribution >= 0.6 is 43.2 Å².